The highest BCUT2D eigenvalue weighted by atomic mass is 79.9. The Morgan fingerprint density at radius 3 is 2.95 bits per heavy atom. The number of β-amino-alcohol motifs (C(OH)–C–C–N with tert-alkyl or cyclic N) is 1. The summed E-state index contributed by atoms with van der Waals surface area (Å²) >= 11 is 9.53. The number of halogens is 2. The number of carbonyl (C=O) groups is 1. The molecule has 2 rings (SSSR count). The zero-order valence-electron chi connectivity index (χ0n) is 10.4. The van der Waals surface area contributed by atoms with Crippen LogP contribution in [0.1, 0.15) is 18.4 Å². The van der Waals surface area contributed by atoms with Gasteiger partial charge in [-0.25, -0.2) is 0 Å². The summed E-state index contributed by atoms with van der Waals surface area (Å²) in [5, 5.41) is 10.8. The van der Waals surface area contributed by atoms with E-state index in [1.807, 2.05) is 23.1 Å². The summed E-state index contributed by atoms with van der Waals surface area (Å²) in [6.07, 6.45) is 1.17. The lowest BCUT2D eigenvalue weighted by Gasteiger charge is -2.37. The Kier molecular flexibility index (Phi) is 4.50. The molecule has 1 aromatic carbocycles. The Morgan fingerprint density at radius 2 is 2.32 bits per heavy atom. The van der Waals surface area contributed by atoms with Gasteiger partial charge in [0.15, 0.2) is 5.60 Å². The first-order valence-electron chi connectivity index (χ1n) is 6.09. The van der Waals surface area contributed by atoms with Crippen LogP contribution in [0.25, 0.3) is 0 Å². The summed E-state index contributed by atoms with van der Waals surface area (Å²) in [5.74, 6) is -0.654. The van der Waals surface area contributed by atoms with Crippen molar-refractivity contribution in [1.82, 2.24) is 4.90 Å². The molecule has 1 aromatic rings. The maximum absolute atomic E-state index is 11.3. The minimum atomic E-state index is -1.42. The molecule has 1 saturated heterocycles. The first kappa shape index (κ1) is 14.8. The number of piperidine rings is 1. The Morgan fingerprint density at radius 1 is 1.58 bits per heavy atom. The molecule has 104 valence electrons. The summed E-state index contributed by atoms with van der Waals surface area (Å²) in [5.41, 5.74) is 4.81. The second kappa shape index (κ2) is 5.79. The second-order valence-corrected chi connectivity index (χ2v) is 6.27. The van der Waals surface area contributed by atoms with Crippen LogP contribution in [0.3, 0.4) is 0 Å². The lowest BCUT2D eigenvalue weighted by atomic mass is 9.92. The van der Waals surface area contributed by atoms with E-state index in [2.05, 4.69) is 15.9 Å². The molecule has 0 radical (unpaired) electrons. The monoisotopic (exact) mass is 346 g/mol. The molecule has 1 amide bonds. The molecule has 1 fully saturated rings. The second-order valence-electron chi connectivity index (χ2n) is 4.95. The van der Waals surface area contributed by atoms with Gasteiger partial charge < -0.3 is 10.8 Å². The molecule has 0 aliphatic carbocycles. The number of benzene rings is 1. The van der Waals surface area contributed by atoms with Gasteiger partial charge >= 0.3 is 0 Å². The van der Waals surface area contributed by atoms with Crippen molar-refractivity contribution in [3.63, 3.8) is 0 Å². The summed E-state index contributed by atoms with van der Waals surface area (Å²) in [6, 6.07) is 5.69. The van der Waals surface area contributed by atoms with E-state index in [0.29, 0.717) is 18.0 Å². The quantitative estimate of drug-likeness (QED) is 0.878. The Balaban J connectivity index is 2.09. The molecular formula is C13H16BrClN2O2. The number of aliphatic hydroxyl groups is 1. The first-order chi connectivity index (χ1) is 8.90. The van der Waals surface area contributed by atoms with Gasteiger partial charge in [-0.15, -0.1) is 0 Å². The van der Waals surface area contributed by atoms with Crippen LogP contribution in [-0.2, 0) is 11.3 Å². The van der Waals surface area contributed by atoms with Crippen molar-refractivity contribution in [2.45, 2.75) is 25.0 Å². The van der Waals surface area contributed by atoms with E-state index in [4.69, 9.17) is 17.3 Å². The predicted octanol–water partition coefficient (Wildman–Crippen LogP) is 1.91. The average molecular weight is 348 g/mol. The van der Waals surface area contributed by atoms with Gasteiger partial charge in [0.25, 0.3) is 5.91 Å². The van der Waals surface area contributed by atoms with E-state index in [0.717, 1.165) is 23.0 Å². The molecule has 0 aromatic heterocycles. The molecule has 1 aliphatic heterocycles. The fraction of sp³-hybridized carbons (Fsp3) is 0.462. The minimum absolute atomic E-state index is 0.259. The number of hydrogen-bond donors (Lipinski definition) is 2. The summed E-state index contributed by atoms with van der Waals surface area (Å²) in [7, 11) is 0. The number of carbonyl (C=O) groups excluding carboxylic acids is 1. The van der Waals surface area contributed by atoms with Gasteiger partial charge in [-0.2, -0.15) is 0 Å². The van der Waals surface area contributed by atoms with Gasteiger partial charge in [0.2, 0.25) is 0 Å². The van der Waals surface area contributed by atoms with Crippen molar-refractivity contribution in [3.8, 4) is 0 Å². The number of nitrogens with two attached hydrogens (primary N) is 1. The van der Waals surface area contributed by atoms with Crippen LogP contribution in [0.15, 0.2) is 22.7 Å². The maximum Gasteiger partial charge on any atom is 0.250 e. The van der Waals surface area contributed by atoms with Crippen molar-refractivity contribution in [1.29, 1.82) is 0 Å². The highest BCUT2D eigenvalue weighted by Crippen LogP contribution is 2.26. The Hall–Kier alpha value is -0.620. The van der Waals surface area contributed by atoms with Crippen LogP contribution in [0.4, 0.5) is 0 Å². The number of likely N-dealkylation sites (tertiary alicyclic amines) is 1. The molecule has 0 unspecified atom stereocenters. The standard InChI is InChI=1S/C13H16BrClN2O2/c14-10-3-2-9(11(15)6-10)7-17-5-1-4-13(19,8-17)12(16)18/h2-3,6,19H,1,4-5,7-8H2,(H2,16,18)/t13-/m0/s1. The van der Waals surface area contributed by atoms with Crippen molar-refractivity contribution in [2.75, 3.05) is 13.1 Å². The molecular weight excluding hydrogens is 332 g/mol. The lowest BCUT2D eigenvalue weighted by molar-refractivity contribution is -0.142. The molecule has 0 saturated carbocycles. The first-order valence-corrected chi connectivity index (χ1v) is 7.26. The predicted molar refractivity (Wildman–Crippen MR) is 77.8 cm³/mol. The van der Waals surface area contributed by atoms with Gasteiger partial charge in [0.05, 0.1) is 0 Å². The van der Waals surface area contributed by atoms with Gasteiger partial charge in [-0.1, -0.05) is 33.6 Å². The van der Waals surface area contributed by atoms with E-state index in [1.165, 1.54) is 0 Å². The SMILES string of the molecule is NC(=O)[C@]1(O)CCCN(Cc2ccc(Br)cc2Cl)C1. The largest absolute Gasteiger partial charge is 0.379 e. The molecule has 4 nitrogen and oxygen atoms in total. The van der Waals surface area contributed by atoms with Gasteiger partial charge in [0.1, 0.15) is 0 Å². The summed E-state index contributed by atoms with van der Waals surface area (Å²) in [4.78, 5) is 13.3. The number of rotatable bonds is 3. The van der Waals surface area contributed by atoms with E-state index in [9.17, 15) is 9.90 Å². The normalized spacial score (nSPS) is 24.4. The van der Waals surface area contributed by atoms with Crippen molar-refractivity contribution < 1.29 is 9.90 Å². The van der Waals surface area contributed by atoms with Crippen molar-refractivity contribution in [3.05, 3.63) is 33.3 Å². The molecule has 0 bridgehead atoms. The number of nitrogens with zero attached hydrogens (tertiary/aromatic N) is 1. The maximum atomic E-state index is 11.3. The Bertz CT molecular complexity index is 498. The van der Waals surface area contributed by atoms with E-state index >= 15 is 0 Å². The molecule has 19 heavy (non-hydrogen) atoms. The average Bonchev–Trinajstić information content (AvgIpc) is 2.33. The van der Waals surface area contributed by atoms with Gasteiger partial charge in [-0.05, 0) is 37.1 Å². The Labute approximate surface area is 125 Å². The van der Waals surface area contributed by atoms with Crippen LogP contribution < -0.4 is 5.73 Å². The minimum Gasteiger partial charge on any atom is -0.379 e. The van der Waals surface area contributed by atoms with Crippen LogP contribution in [-0.4, -0.2) is 34.6 Å². The lowest BCUT2D eigenvalue weighted by Crippen LogP contribution is -2.55. The molecule has 3 N–H and O–H groups in total. The van der Waals surface area contributed by atoms with Gasteiger partial charge in [-0.3, -0.25) is 9.69 Å². The van der Waals surface area contributed by atoms with E-state index in [1.54, 1.807) is 0 Å². The molecule has 1 aliphatic rings. The summed E-state index contributed by atoms with van der Waals surface area (Å²) in [6.45, 7) is 1.68. The fourth-order valence-electron chi connectivity index (χ4n) is 2.35. The summed E-state index contributed by atoms with van der Waals surface area (Å²) < 4.78 is 0.925. The zero-order chi connectivity index (χ0) is 14.0. The van der Waals surface area contributed by atoms with Crippen LogP contribution in [0, 0.1) is 0 Å². The third-order valence-electron chi connectivity index (χ3n) is 3.42. The third kappa shape index (κ3) is 3.48. The third-order valence-corrected chi connectivity index (χ3v) is 4.26. The highest BCUT2D eigenvalue weighted by molar-refractivity contribution is 9.10. The van der Waals surface area contributed by atoms with Crippen LogP contribution in [0.2, 0.25) is 5.02 Å². The van der Waals surface area contributed by atoms with E-state index < -0.39 is 11.5 Å². The highest BCUT2D eigenvalue weighted by Gasteiger charge is 2.38. The molecule has 1 atom stereocenters. The fourth-order valence-corrected chi connectivity index (χ4v) is 3.08. The molecule has 0 spiro atoms. The zero-order valence-corrected chi connectivity index (χ0v) is 12.7. The van der Waals surface area contributed by atoms with Crippen LogP contribution >= 0.6 is 27.5 Å². The number of amides is 1. The van der Waals surface area contributed by atoms with Crippen molar-refractivity contribution in [2.24, 2.45) is 5.73 Å². The van der Waals surface area contributed by atoms with E-state index in [-0.39, 0.29) is 6.54 Å². The number of primary amides is 1. The molecule has 1 heterocycles. The molecule has 6 heteroatoms. The van der Waals surface area contributed by atoms with Crippen LogP contribution in [0.5, 0.6) is 0 Å². The number of hydrogen-bond acceptors (Lipinski definition) is 3. The van der Waals surface area contributed by atoms with Gasteiger partial charge in [0, 0.05) is 22.6 Å². The topological polar surface area (TPSA) is 66.6 Å². The smallest absolute Gasteiger partial charge is 0.250 e. The van der Waals surface area contributed by atoms with Crippen molar-refractivity contribution >= 4 is 33.4 Å².